The van der Waals surface area contributed by atoms with Crippen molar-refractivity contribution in [3.05, 3.63) is 122 Å². The van der Waals surface area contributed by atoms with E-state index < -0.39 is 6.10 Å². The van der Waals surface area contributed by atoms with Crippen LogP contribution in [-0.4, -0.2) is 37.2 Å². The average Bonchev–Trinajstić information content (AvgIpc) is 3.23. The third-order valence-electron chi connectivity index (χ3n) is 8.94. The van der Waals surface area contributed by atoms with Crippen molar-refractivity contribution < 1.29 is 28.6 Å². The summed E-state index contributed by atoms with van der Waals surface area (Å²) in [5, 5.41) is 0. The number of ether oxygens (including phenoxy) is 3. The lowest BCUT2D eigenvalue weighted by atomic mass is 10.1. The van der Waals surface area contributed by atoms with Gasteiger partial charge in [0.1, 0.15) is 13.2 Å². The first-order valence-corrected chi connectivity index (χ1v) is 23.0. The van der Waals surface area contributed by atoms with Gasteiger partial charge in [0.05, 0.1) is 0 Å². The molecule has 0 radical (unpaired) electrons. The highest BCUT2D eigenvalue weighted by molar-refractivity contribution is 5.71. The van der Waals surface area contributed by atoms with Gasteiger partial charge in [0.25, 0.3) is 0 Å². The maximum atomic E-state index is 12.7. The fourth-order valence-corrected chi connectivity index (χ4v) is 5.58. The lowest BCUT2D eigenvalue weighted by molar-refractivity contribution is -0.167. The highest BCUT2D eigenvalue weighted by Gasteiger charge is 2.19. The number of rotatable bonds is 39. The van der Waals surface area contributed by atoms with Gasteiger partial charge in [-0.2, -0.15) is 0 Å². The van der Waals surface area contributed by atoms with Crippen LogP contribution in [-0.2, 0) is 28.6 Å². The predicted molar refractivity (Wildman–Crippen MR) is 251 cm³/mol. The third kappa shape index (κ3) is 44.8. The van der Waals surface area contributed by atoms with Crippen molar-refractivity contribution in [3.8, 4) is 0 Å². The molecule has 0 aromatic rings. The van der Waals surface area contributed by atoms with Crippen molar-refractivity contribution in [2.45, 2.75) is 181 Å². The Morgan fingerprint density at radius 3 is 0.949 bits per heavy atom. The fourth-order valence-electron chi connectivity index (χ4n) is 5.58. The van der Waals surface area contributed by atoms with Crippen molar-refractivity contribution in [2.75, 3.05) is 13.2 Å². The Balaban J connectivity index is 4.58. The van der Waals surface area contributed by atoms with Crippen molar-refractivity contribution in [1.82, 2.24) is 0 Å². The molecule has 0 aliphatic carbocycles. The Bertz CT molecular complexity index is 1300. The van der Waals surface area contributed by atoms with E-state index in [0.29, 0.717) is 19.3 Å². The van der Waals surface area contributed by atoms with Crippen LogP contribution in [0.5, 0.6) is 0 Å². The van der Waals surface area contributed by atoms with Crippen LogP contribution in [0.25, 0.3) is 0 Å². The molecular formula is C53H82O6. The molecule has 1 unspecified atom stereocenters. The monoisotopic (exact) mass is 815 g/mol. The number of hydrogen-bond donors (Lipinski definition) is 0. The summed E-state index contributed by atoms with van der Waals surface area (Å²) in [4.78, 5) is 37.8. The van der Waals surface area contributed by atoms with Crippen LogP contribution in [0.15, 0.2) is 122 Å². The third-order valence-corrected chi connectivity index (χ3v) is 8.94. The molecule has 0 N–H and O–H groups in total. The number of unbranched alkanes of at least 4 members (excludes halogenated alkanes) is 8. The lowest BCUT2D eigenvalue weighted by Crippen LogP contribution is -2.30. The van der Waals surface area contributed by atoms with E-state index >= 15 is 0 Å². The normalized spacial score (nSPS) is 13.2. The van der Waals surface area contributed by atoms with E-state index in [1.54, 1.807) is 0 Å². The number of carbonyl (C=O) groups is 3. The van der Waals surface area contributed by atoms with Crippen LogP contribution in [0, 0.1) is 0 Å². The molecule has 0 amide bonds. The van der Waals surface area contributed by atoms with E-state index in [1.165, 1.54) is 0 Å². The van der Waals surface area contributed by atoms with E-state index in [9.17, 15) is 14.4 Å². The van der Waals surface area contributed by atoms with Crippen LogP contribution >= 0.6 is 0 Å². The van der Waals surface area contributed by atoms with E-state index in [-0.39, 0.29) is 44.0 Å². The summed E-state index contributed by atoms with van der Waals surface area (Å²) in [6.45, 7) is 6.17. The Hall–Kier alpha value is -4.19. The zero-order valence-corrected chi connectivity index (χ0v) is 37.5. The minimum Gasteiger partial charge on any atom is -0.462 e. The first-order chi connectivity index (χ1) is 29.0. The van der Waals surface area contributed by atoms with Crippen LogP contribution in [0.2, 0.25) is 0 Å². The quantitative estimate of drug-likeness (QED) is 0.0266. The molecule has 0 heterocycles. The second kappa shape index (κ2) is 46.5. The second-order valence-electron chi connectivity index (χ2n) is 14.5. The summed E-state index contributed by atoms with van der Waals surface area (Å²) in [6, 6.07) is 0. The van der Waals surface area contributed by atoms with Gasteiger partial charge in [0.2, 0.25) is 0 Å². The molecule has 0 saturated carbocycles. The number of carbonyl (C=O) groups excluding carboxylic acids is 3. The molecule has 330 valence electrons. The Kier molecular flexibility index (Phi) is 43.2. The predicted octanol–water partition coefficient (Wildman–Crippen LogP) is 15.0. The first kappa shape index (κ1) is 54.8. The van der Waals surface area contributed by atoms with Gasteiger partial charge in [-0.1, -0.05) is 155 Å². The molecule has 0 aliphatic heterocycles. The van der Waals surface area contributed by atoms with Gasteiger partial charge in [-0.15, -0.1) is 0 Å². The zero-order chi connectivity index (χ0) is 43.0. The van der Waals surface area contributed by atoms with E-state index in [2.05, 4.69) is 142 Å². The Morgan fingerprint density at radius 2 is 0.610 bits per heavy atom. The maximum Gasteiger partial charge on any atom is 0.306 e. The van der Waals surface area contributed by atoms with E-state index in [1.807, 2.05) is 0 Å². The molecule has 0 bridgehead atoms. The van der Waals surface area contributed by atoms with Crippen molar-refractivity contribution in [3.63, 3.8) is 0 Å². The summed E-state index contributed by atoms with van der Waals surface area (Å²) in [7, 11) is 0. The van der Waals surface area contributed by atoms with Gasteiger partial charge in [-0.25, -0.2) is 0 Å². The summed E-state index contributed by atoms with van der Waals surface area (Å²) < 4.78 is 16.6. The van der Waals surface area contributed by atoms with Crippen LogP contribution in [0.1, 0.15) is 175 Å². The topological polar surface area (TPSA) is 78.9 Å². The van der Waals surface area contributed by atoms with Gasteiger partial charge in [-0.05, 0) is 122 Å². The molecular weight excluding hydrogens is 733 g/mol. The molecule has 0 aromatic heterocycles. The van der Waals surface area contributed by atoms with Crippen molar-refractivity contribution in [2.24, 2.45) is 0 Å². The number of allylic oxidation sites excluding steroid dienone is 20. The summed E-state index contributed by atoms with van der Waals surface area (Å²) in [5.74, 6) is -1.04. The molecule has 0 rings (SSSR count). The highest BCUT2D eigenvalue weighted by atomic mass is 16.6. The van der Waals surface area contributed by atoms with Gasteiger partial charge in [-0.3, -0.25) is 14.4 Å². The van der Waals surface area contributed by atoms with Crippen LogP contribution in [0.3, 0.4) is 0 Å². The number of esters is 3. The Morgan fingerprint density at radius 1 is 0.339 bits per heavy atom. The van der Waals surface area contributed by atoms with Gasteiger partial charge < -0.3 is 14.2 Å². The molecule has 0 saturated heterocycles. The molecule has 0 aromatic carbocycles. The largest absolute Gasteiger partial charge is 0.462 e. The Labute approximate surface area is 361 Å². The summed E-state index contributed by atoms with van der Waals surface area (Å²) in [5.41, 5.74) is 0. The molecule has 59 heavy (non-hydrogen) atoms. The lowest BCUT2D eigenvalue weighted by Gasteiger charge is -2.18. The second-order valence-corrected chi connectivity index (χ2v) is 14.5. The zero-order valence-electron chi connectivity index (χ0n) is 37.5. The van der Waals surface area contributed by atoms with Gasteiger partial charge >= 0.3 is 17.9 Å². The number of hydrogen-bond acceptors (Lipinski definition) is 6. The molecule has 6 heteroatoms. The first-order valence-electron chi connectivity index (χ1n) is 23.0. The summed E-state index contributed by atoms with van der Waals surface area (Å²) >= 11 is 0. The molecule has 6 nitrogen and oxygen atoms in total. The van der Waals surface area contributed by atoms with Gasteiger partial charge in [0, 0.05) is 19.3 Å². The van der Waals surface area contributed by atoms with Crippen molar-refractivity contribution in [1.29, 1.82) is 0 Å². The average molecular weight is 815 g/mol. The van der Waals surface area contributed by atoms with Crippen LogP contribution < -0.4 is 0 Å². The minimum absolute atomic E-state index is 0.123. The minimum atomic E-state index is -0.824. The van der Waals surface area contributed by atoms with Crippen molar-refractivity contribution >= 4 is 17.9 Å². The SMILES string of the molecule is CC/C=C\C/C=C\C/C=C\C/C=C\CCCCC(=O)OCC(COC(=O)CCCCC/C=C\C/C=C\C/C=C\CC)OC(=O)CCCCC/C=C\C/C=C\C/C=C\CC. The molecule has 1 atom stereocenters. The van der Waals surface area contributed by atoms with Gasteiger partial charge in [0.15, 0.2) is 6.10 Å². The molecule has 0 aliphatic rings. The molecule has 0 fully saturated rings. The summed E-state index contributed by atoms with van der Waals surface area (Å²) in [6.07, 6.45) is 63.3. The van der Waals surface area contributed by atoms with Crippen LogP contribution in [0.4, 0.5) is 0 Å². The van der Waals surface area contributed by atoms with E-state index in [4.69, 9.17) is 14.2 Å². The highest BCUT2D eigenvalue weighted by Crippen LogP contribution is 2.10. The standard InChI is InChI=1S/C53H82O6/c1-4-7-10-13-16-19-22-25-26-29-31-34-37-40-43-46-52(55)58-49-50(59-53(56)47-44-41-38-35-32-28-24-21-18-15-12-9-6-3)48-57-51(54)45-42-39-36-33-30-27-23-20-17-14-11-8-5-2/h7-12,16-21,25-28,30-32,34,50H,4-6,13-15,22-24,29,33,35-49H2,1-3H3/b10-7-,11-8-,12-9-,19-16-,20-17-,21-18-,26-25-,30-27-,32-28-,34-31-. The van der Waals surface area contributed by atoms with E-state index in [0.717, 1.165) is 122 Å². The molecule has 0 spiro atoms. The fraction of sp³-hybridized carbons (Fsp3) is 0.566. The smallest absolute Gasteiger partial charge is 0.306 e. The maximum absolute atomic E-state index is 12.7.